The zero-order chi connectivity index (χ0) is 18.5. The number of para-hydroxylation sites is 1. The predicted octanol–water partition coefficient (Wildman–Crippen LogP) is 4.08. The highest BCUT2D eigenvalue weighted by Gasteiger charge is 2.16. The lowest BCUT2D eigenvalue weighted by Gasteiger charge is -2.10. The maximum Gasteiger partial charge on any atom is 0.178 e. The second-order valence-electron chi connectivity index (χ2n) is 6.33. The van der Waals surface area contributed by atoms with E-state index in [4.69, 9.17) is 4.74 Å². The van der Waals surface area contributed by atoms with Gasteiger partial charge in [0.1, 0.15) is 5.75 Å². The van der Waals surface area contributed by atoms with Crippen LogP contribution < -0.4 is 10.1 Å². The summed E-state index contributed by atoms with van der Waals surface area (Å²) in [5.74, 6) is 0.937. The molecule has 4 nitrogen and oxygen atoms in total. The number of ether oxygens (including phenoxy) is 1. The molecule has 26 heavy (non-hydrogen) atoms. The van der Waals surface area contributed by atoms with Gasteiger partial charge in [0.15, 0.2) is 5.78 Å². The number of methoxy groups -OCH3 is 1. The molecule has 0 aliphatic heterocycles. The molecule has 0 atom stereocenters. The molecule has 3 rings (SSSR count). The molecule has 0 bridgehead atoms. The number of Topliss-reactive ketones (excluding diaryl/α,β-unsaturated/α-hetero) is 1. The third kappa shape index (κ3) is 3.86. The molecule has 2 aromatic carbocycles. The molecule has 0 unspecified atom stereocenters. The van der Waals surface area contributed by atoms with Gasteiger partial charge in [-0.15, -0.1) is 0 Å². The van der Waals surface area contributed by atoms with Gasteiger partial charge in [0.25, 0.3) is 0 Å². The molecule has 0 spiro atoms. The van der Waals surface area contributed by atoms with E-state index in [9.17, 15) is 4.79 Å². The molecule has 1 heterocycles. The van der Waals surface area contributed by atoms with E-state index in [1.54, 1.807) is 7.11 Å². The number of aryl methyl sites for hydroxylation is 1. The van der Waals surface area contributed by atoms with Crippen molar-refractivity contribution in [3.05, 3.63) is 83.2 Å². The first-order chi connectivity index (χ1) is 12.6. The van der Waals surface area contributed by atoms with E-state index in [1.807, 2.05) is 62.4 Å². The highest BCUT2D eigenvalue weighted by Crippen LogP contribution is 2.21. The lowest BCUT2D eigenvalue weighted by Crippen LogP contribution is -2.23. The maximum absolute atomic E-state index is 12.7. The molecule has 0 saturated heterocycles. The zero-order valence-corrected chi connectivity index (χ0v) is 15.5. The fourth-order valence-corrected chi connectivity index (χ4v) is 3.18. The normalized spacial score (nSPS) is 10.7. The quantitative estimate of drug-likeness (QED) is 0.655. The summed E-state index contributed by atoms with van der Waals surface area (Å²) in [4.78, 5) is 12.7. The monoisotopic (exact) mass is 348 g/mol. The third-order valence-corrected chi connectivity index (χ3v) is 4.52. The van der Waals surface area contributed by atoms with Gasteiger partial charge >= 0.3 is 0 Å². The van der Waals surface area contributed by atoms with Crippen LogP contribution in [0.15, 0.2) is 60.7 Å². The molecule has 1 aromatic heterocycles. The number of carbonyl (C=O) groups excluding carboxylic acids is 1. The van der Waals surface area contributed by atoms with Crippen LogP contribution >= 0.6 is 0 Å². The van der Waals surface area contributed by atoms with Gasteiger partial charge in [-0.1, -0.05) is 30.3 Å². The van der Waals surface area contributed by atoms with Crippen LogP contribution in [0.25, 0.3) is 5.69 Å². The van der Waals surface area contributed by atoms with Gasteiger partial charge in [0.05, 0.1) is 13.7 Å². The van der Waals surface area contributed by atoms with Crippen molar-refractivity contribution in [3.8, 4) is 11.4 Å². The average Bonchev–Trinajstić information content (AvgIpc) is 2.97. The first-order valence-corrected chi connectivity index (χ1v) is 8.71. The van der Waals surface area contributed by atoms with Gasteiger partial charge in [-0.2, -0.15) is 0 Å². The van der Waals surface area contributed by atoms with Crippen LogP contribution in [0.1, 0.15) is 27.3 Å². The molecule has 134 valence electrons. The molecule has 1 N–H and O–H groups in total. The van der Waals surface area contributed by atoms with Crippen molar-refractivity contribution in [1.82, 2.24) is 9.88 Å². The minimum absolute atomic E-state index is 0.105. The van der Waals surface area contributed by atoms with Gasteiger partial charge < -0.3 is 14.6 Å². The Kier molecular flexibility index (Phi) is 5.54. The van der Waals surface area contributed by atoms with Crippen molar-refractivity contribution in [2.24, 2.45) is 0 Å². The number of hydrogen-bond acceptors (Lipinski definition) is 3. The van der Waals surface area contributed by atoms with Crippen LogP contribution in [0.5, 0.6) is 5.75 Å². The van der Waals surface area contributed by atoms with E-state index in [2.05, 4.69) is 22.0 Å². The highest BCUT2D eigenvalue weighted by molar-refractivity contribution is 5.99. The lowest BCUT2D eigenvalue weighted by molar-refractivity contribution is 0.0990. The maximum atomic E-state index is 12.7. The van der Waals surface area contributed by atoms with Crippen molar-refractivity contribution in [3.63, 3.8) is 0 Å². The third-order valence-electron chi connectivity index (χ3n) is 4.52. The molecule has 0 aliphatic carbocycles. The summed E-state index contributed by atoms with van der Waals surface area (Å²) < 4.78 is 7.28. The van der Waals surface area contributed by atoms with Gasteiger partial charge in [-0.3, -0.25) is 4.79 Å². The van der Waals surface area contributed by atoms with Gasteiger partial charge in [-0.05, 0) is 49.7 Å². The number of benzene rings is 2. The molecule has 0 fully saturated rings. The largest absolute Gasteiger partial charge is 0.497 e. The van der Waals surface area contributed by atoms with Crippen LogP contribution in [0.2, 0.25) is 0 Å². The van der Waals surface area contributed by atoms with Crippen LogP contribution in [0.4, 0.5) is 0 Å². The SMILES string of the molecule is COc1ccc(CNCC(=O)c2cc(C)n(-c3ccccc3)c2C)cc1. The standard InChI is InChI=1S/C22H24N2O2/c1-16-13-21(17(2)24(16)19-7-5-4-6-8-19)22(25)15-23-14-18-9-11-20(26-3)12-10-18/h4-13,23H,14-15H2,1-3H3. The number of hydrogen-bond donors (Lipinski definition) is 1. The van der Waals surface area contributed by atoms with Crippen LogP contribution in [0.3, 0.4) is 0 Å². The number of nitrogens with one attached hydrogen (secondary N) is 1. The Hall–Kier alpha value is -2.85. The van der Waals surface area contributed by atoms with E-state index in [0.717, 1.165) is 34.0 Å². The zero-order valence-electron chi connectivity index (χ0n) is 15.5. The summed E-state index contributed by atoms with van der Waals surface area (Å²) in [5, 5.41) is 3.23. The highest BCUT2D eigenvalue weighted by atomic mass is 16.5. The summed E-state index contributed by atoms with van der Waals surface area (Å²) in [6.07, 6.45) is 0. The summed E-state index contributed by atoms with van der Waals surface area (Å²) in [5.41, 5.74) is 5.01. The van der Waals surface area contributed by atoms with E-state index in [0.29, 0.717) is 13.1 Å². The predicted molar refractivity (Wildman–Crippen MR) is 104 cm³/mol. The Morgan fingerprint density at radius 1 is 1.04 bits per heavy atom. The van der Waals surface area contributed by atoms with Gasteiger partial charge in [-0.25, -0.2) is 0 Å². The van der Waals surface area contributed by atoms with Crippen molar-refractivity contribution < 1.29 is 9.53 Å². The molecular weight excluding hydrogens is 324 g/mol. The Morgan fingerprint density at radius 2 is 1.73 bits per heavy atom. The summed E-state index contributed by atoms with van der Waals surface area (Å²) in [6.45, 7) is 4.98. The molecule has 4 heteroatoms. The first kappa shape index (κ1) is 18.0. The molecule has 0 amide bonds. The Balaban J connectivity index is 1.66. The van der Waals surface area contributed by atoms with Crippen molar-refractivity contribution in [2.45, 2.75) is 20.4 Å². The van der Waals surface area contributed by atoms with Gasteiger partial charge in [0.2, 0.25) is 0 Å². The Bertz CT molecular complexity index is 881. The summed E-state index contributed by atoms with van der Waals surface area (Å²) in [6, 6.07) is 19.9. The van der Waals surface area contributed by atoms with Crippen LogP contribution in [0, 0.1) is 13.8 Å². The molecule has 0 saturated carbocycles. The van der Waals surface area contributed by atoms with E-state index < -0.39 is 0 Å². The number of aromatic nitrogens is 1. The number of carbonyl (C=O) groups is 1. The Morgan fingerprint density at radius 3 is 2.38 bits per heavy atom. The first-order valence-electron chi connectivity index (χ1n) is 8.71. The van der Waals surface area contributed by atoms with Crippen LogP contribution in [-0.4, -0.2) is 24.0 Å². The number of ketones is 1. The lowest BCUT2D eigenvalue weighted by atomic mass is 10.1. The van der Waals surface area contributed by atoms with E-state index in [1.165, 1.54) is 0 Å². The summed E-state index contributed by atoms with van der Waals surface area (Å²) in [7, 11) is 1.65. The molecular formula is C22H24N2O2. The fourth-order valence-electron chi connectivity index (χ4n) is 3.18. The summed E-state index contributed by atoms with van der Waals surface area (Å²) >= 11 is 0. The second kappa shape index (κ2) is 8.02. The molecule has 3 aromatic rings. The second-order valence-corrected chi connectivity index (χ2v) is 6.33. The van der Waals surface area contributed by atoms with Crippen molar-refractivity contribution >= 4 is 5.78 Å². The van der Waals surface area contributed by atoms with Crippen molar-refractivity contribution in [2.75, 3.05) is 13.7 Å². The fraction of sp³-hybridized carbons (Fsp3) is 0.227. The van der Waals surface area contributed by atoms with Crippen LogP contribution in [-0.2, 0) is 6.54 Å². The smallest absolute Gasteiger partial charge is 0.178 e. The number of nitrogens with zero attached hydrogens (tertiary/aromatic N) is 1. The molecule has 0 aliphatic rings. The minimum Gasteiger partial charge on any atom is -0.497 e. The Labute approximate surface area is 154 Å². The number of rotatable bonds is 7. The van der Waals surface area contributed by atoms with Gasteiger partial charge in [0, 0.05) is 29.2 Å². The van der Waals surface area contributed by atoms with Crippen molar-refractivity contribution in [1.29, 1.82) is 0 Å². The minimum atomic E-state index is 0.105. The topological polar surface area (TPSA) is 43.3 Å². The molecule has 0 radical (unpaired) electrons. The average molecular weight is 348 g/mol. The van der Waals surface area contributed by atoms with E-state index >= 15 is 0 Å². The van der Waals surface area contributed by atoms with E-state index in [-0.39, 0.29) is 5.78 Å².